The van der Waals surface area contributed by atoms with E-state index in [4.69, 9.17) is 9.47 Å². The Morgan fingerprint density at radius 3 is 0.969 bits per heavy atom. The molecule has 65 heavy (non-hydrogen) atoms. The molecule has 1 aromatic carbocycles. The van der Waals surface area contributed by atoms with Crippen LogP contribution in [0.15, 0.2) is 47.4 Å². The van der Waals surface area contributed by atoms with E-state index in [1.807, 2.05) is 0 Å². The maximum atomic E-state index is 13.0. The minimum absolute atomic E-state index is 0. The molecule has 0 aliphatic heterocycles. The summed E-state index contributed by atoms with van der Waals surface area (Å²) in [6.45, 7) is 4.91. The van der Waals surface area contributed by atoms with Crippen molar-refractivity contribution in [1.29, 1.82) is 0 Å². The van der Waals surface area contributed by atoms with Gasteiger partial charge in [-0.25, -0.2) is 18.0 Å². The van der Waals surface area contributed by atoms with Crippen LogP contribution in [0.4, 0.5) is 0 Å². The number of ether oxygens (including phenoxy) is 2. The van der Waals surface area contributed by atoms with Crippen molar-refractivity contribution in [3.63, 3.8) is 0 Å². The molecule has 0 spiro atoms. The van der Waals surface area contributed by atoms with Crippen LogP contribution in [0.1, 0.15) is 291 Å². The zero-order chi connectivity index (χ0) is 46.4. The Balaban J connectivity index is 0.0000410. The van der Waals surface area contributed by atoms with Crippen LogP contribution in [0.5, 0.6) is 0 Å². The number of unbranched alkanes of at least 4 members (excludes halogenated alkanes) is 36. The molecule has 370 valence electrons. The van der Waals surface area contributed by atoms with Crippen LogP contribution in [0.25, 0.3) is 0 Å². The van der Waals surface area contributed by atoms with E-state index in [0.29, 0.717) is 12.8 Å². The molecule has 9 heteroatoms. The summed E-state index contributed by atoms with van der Waals surface area (Å²) >= 11 is 0. The fourth-order valence-electron chi connectivity index (χ4n) is 8.33. The third kappa shape index (κ3) is 40.8. The average molecular weight is 954 g/mol. The van der Waals surface area contributed by atoms with Crippen LogP contribution in [0.2, 0.25) is 0 Å². The van der Waals surface area contributed by atoms with Gasteiger partial charge in [-0.05, 0) is 82.4 Å². The van der Waals surface area contributed by atoms with Crippen molar-refractivity contribution < 1.29 is 83.4 Å². The SMILES string of the molecule is CCCCCCCC/C=C/CCCCCCCCCCCCCCOC(=O)c1ccc(S(=O)(=O)[O-])cc1C(=O)OCCCCCCCCCCCCCC/C=C/CCCCCCCC.[K+]. The van der Waals surface area contributed by atoms with E-state index in [-0.39, 0.29) is 75.7 Å². The molecular weight excluding hydrogens is 856 g/mol. The number of esters is 2. The van der Waals surface area contributed by atoms with Crippen LogP contribution in [0, 0.1) is 0 Å². The van der Waals surface area contributed by atoms with Crippen molar-refractivity contribution in [3.8, 4) is 0 Å². The predicted octanol–water partition coefficient (Wildman–Crippen LogP) is 14.7. The molecule has 0 aromatic heterocycles. The number of benzene rings is 1. The second kappa shape index (κ2) is 48.2. The first-order chi connectivity index (χ1) is 31.3. The van der Waals surface area contributed by atoms with Crippen molar-refractivity contribution in [3.05, 3.63) is 53.6 Å². The Morgan fingerprint density at radius 2 is 0.677 bits per heavy atom. The summed E-state index contributed by atoms with van der Waals surface area (Å²) in [6.07, 6.45) is 59.4. The summed E-state index contributed by atoms with van der Waals surface area (Å²) < 4.78 is 46.0. The molecule has 7 nitrogen and oxygen atoms in total. The average Bonchev–Trinajstić information content (AvgIpc) is 3.28. The fourth-order valence-corrected chi connectivity index (χ4v) is 8.83. The Labute approximate surface area is 443 Å². The normalized spacial score (nSPS) is 11.7. The van der Waals surface area contributed by atoms with Gasteiger partial charge in [0.1, 0.15) is 10.1 Å². The van der Waals surface area contributed by atoms with E-state index >= 15 is 0 Å². The van der Waals surface area contributed by atoms with Gasteiger partial charge < -0.3 is 14.0 Å². The summed E-state index contributed by atoms with van der Waals surface area (Å²) in [5.74, 6) is -1.54. The van der Waals surface area contributed by atoms with Crippen LogP contribution in [-0.2, 0) is 19.6 Å². The zero-order valence-corrected chi connectivity index (χ0v) is 46.4. The van der Waals surface area contributed by atoms with Crippen molar-refractivity contribution in [2.24, 2.45) is 0 Å². The molecule has 1 aromatic rings. The Bertz CT molecular complexity index is 1410. The molecule has 0 fully saturated rings. The molecule has 0 radical (unpaired) electrons. The summed E-state index contributed by atoms with van der Waals surface area (Å²) in [4.78, 5) is 25.4. The van der Waals surface area contributed by atoms with E-state index in [2.05, 4.69) is 38.2 Å². The van der Waals surface area contributed by atoms with Gasteiger partial charge in [-0.2, -0.15) is 0 Å². The van der Waals surface area contributed by atoms with E-state index in [0.717, 1.165) is 50.7 Å². The third-order valence-corrected chi connectivity index (χ3v) is 13.3. The van der Waals surface area contributed by atoms with Gasteiger partial charge in [0.15, 0.2) is 0 Å². The molecule has 0 saturated carbocycles. The van der Waals surface area contributed by atoms with Gasteiger partial charge in [0.05, 0.1) is 29.2 Å². The number of hydrogen-bond acceptors (Lipinski definition) is 7. The first-order valence-electron chi connectivity index (χ1n) is 27.0. The van der Waals surface area contributed by atoms with E-state index in [9.17, 15) is 22.6 Å². The first kappa shape index (κ1) is 64.2. The molecule has 0 amide bonds. The number of carbonyl (C=O) groups is 2. The molecule has 0 atom stereocenters. The van der Waals surface area contributed by atoms with Crippen molar-refractivity contribution in [2.45, 2.75) is 276 Å². The van der Waals surface area contributed by atoms with Gasteiger partial charge in [-0.1, -0.05) is 231 Å². The van der Waals surface area contributed by atoms with Crippen LogP contribution >= 0.6 is 0 Å². The number of allylic oxidation sites excluding steroid dienone is 4. The molecule has 0 aliphatic rings. The number of carbonyl (C=O) groups excluding carboxylic acids is 2. The summed E-state index contributed by atoms with van der Waals surface area (Å²) in [5, 5.41) is 0. The largest absolute Gasteiger partial charge is 1.00 e. The Hall–Kier alpha value is -0.814. The maximum absolute atomic E-state index is 13.0. The molecule has 1 rings (SSSR count). The first-order valence-corrected chi connectivity index (χ1v) is 28.5. The quantitative estimate of drug-likeness (QED) is 0.0210. The molecule has 0 aliphatic carbocycles. The summed E-state index contributed by atoms with van der Waals surface area (Å²) in [6, 6.07) is 3.16. The topological polar surface area (TPSA) is 110 Å². The van der Waals surface area contributed by atoms with E-state index in [1.54, 1.807) is 0 Å². The monoisotopic (exact) mass is 953 g/mol. The minimum atomic E-state index is -4.82. The van der Waals surface area contributed by atoms with Gasteiger partial charge in [-0.15, -0.1) is 0 Å². The van der Waals surface area contributed by atoms with Gasteiger partial charge in [0.2, 0.25) is 0 Å². The molecule has 0 saturated heterocycles. The maximum Gasteiger partial charge on any atom is 1.00 e. The predicted molar refractivity (Wildman–Crippen MR) is 269 cm³/mol. The molecule has 0 heterocycles. The van der Waals surface area contributed by atoms with E-state index in [1.165, 1.54) is 212 Å². The van der Waals surface area contributed by atoms with Gasteiger partial charge in [-0.3, -0.25) is 0 Å². The molecule has 0 bridgehead atoms. The zero-order valence-electron chi connectivity index (χ0n) is 42.5. The van der Waals surface area contributed by atoms with Crippen molar-refractivity contribution in [1.82, 2.24) is 0 Å². The smallest absolute Gasteiger partial charge is 0.744 e. The molecule has 0 N–H and O–H groups in total. The van der Waals surface area contributed by atoms with Crippen molar-refractivity contribution in [2.75, 3.05) is 13.2 Å². The second-order valence-corrected chi connectivity index (χ2v) is 19.9. The molecular formula is C56H97KO7S. The second-order valence-electron chi connectivity index (χ2n) is 18.6. The number of rotatable bonds is 47. The summed E-state index contributed by atoms with van der Waals surface area (Å²) in [7, 11) is -4.82. The summed E-state index contributed by atoms with van der Waals surface area (Å²) in [5.41, 5.74) is -0.330. The standard InChI is InChI=1S/C56H98O7S.K/c1-3-5-7-9-11-13-15-17-19-21-23-25-27-29-31-33-35-37-39-41-43-45-49-62-55(57)53-48-47-52(64(59,60)61)51-54(53)56(58)63-50-46-44-42-40-38-36-34-32-30-28-26-24-22-20-18-16-14-12-10-8-6-4-2;/h17-20,47-48,51H,3-16,21-46,49-50H2,1-2H3,(H,59,60,61);/q;+1/p-1/b19-17+,20-18+;. The third-order valence-electron chi connectivity index (χ3n) is 12.5. The van der Waals surface area contributed by atoms with Gasteiger partial charge in [0, 0.05) is 0 Å². The van der Waals surface area contributed by atoms with Crippen molar-refractivity contribution >= 4 is 22.1 Å². The Kier molecular flexibility index (Phi) is 47.6. The number of hydrogen-bond donors (Lipinski definition) is 0. The van der Waals surface area contributed by atoms with Gasteiger partial charge in [0.25, 0.3) is 0 Å². The van der Waals surface area contributed by atoms with Crippen LogP contribution < -0.4 is 51.4 Å². The van der Waals surface area contributed by atoms with Crippen LogP contribution in [0.3, 0.4) is 0 Å². The fraction of sp³-hybridized carbons (Fsp3) is 0.786. The Morgan fingerprint density at radius 1 is 0.415 bits per heavy atom. The molecule has 0 unspecified atom stereocenters. The van der Waals surface area contributed by atoms with Crippen LogP contribution in [-0.4, -0.2) is 38.1 Å². The minimum Gasteiger partial charge on any atom is -0.744 e. The van der Waals surface area contributed by atoms with Gasteiger partial charge >= 0.3 is 63.3 Å². The van der Waals surface area contributed by atoms with E-state index < -0.39 is 27.0 Å².